The van der Waals surface area contributed by atoms with Crippen molar-refractivity contribution < 1.29 is 19.0 Å². The zero-order chi connectivity index (χ0) is 17.7. The van der Waals surface area contributed by atoms with Crippen molar-refractivity contribution >= 4 is 6.29 Å². The molecule has 0 aromatic rings. The van der Waals surface area contributed by atoms with Gasteiger partial charge in [0.2, 0.25) is 0 Å². The highest BCUT2D eigenvalue weighted by Crippen LogP contribution is 2.17. The molecule has 6 nitrogen and oxygen atoms in total. The average Bonchev–Trinajstić information content (AvgIpc) is 3.02. The van der Waals surface area contributed by atoms with Crippen molar-refractivity contribution in [2.45, 2.75) is 24.4 Å². The van der Waals surface area contributed by atoms with Crippen LogP contribution < -0.4 is 5.43 Å². The van der Waals surface area contributed by atoms with Crippen LogP contribution >= 0.6 is 0 Å². The molecule has 24 heavy (non-hydrogen) atoms. The molecule has 1 aliphatic heterocycles. The van der Waals surface area contributed by atoms with E-state index in [1.54, 1.807) is 0 Å². The summed E-state index contributed by atoms with van der Waals surface area (Å²) in [6.45, 7) is 1.91. The number of terminal acetylenes is 3. The first-order chi connectivity index (χ1) is 11.7. The van der Waals surface area contributed by atoms with Crippen molar-refractivity contribution in [3.05, 3.63) is 0 Å². The van der Waals surface area contributed by atoms with Crippen molar-refractivity contribution in [1.29, 1.82) is 0 Å². The van der Waals surface area contributed by atoms with Crippen molar-refractivity contribution in [2.75, 3.05) is 46.2 Å². The largest absolute Gasteiger partial charge is 0.367 e. The summed E-state index contributed by atoms with van der Waals surface area (Å²) in [7, 11) is 0. The van der Waals surface area contributed by atoms with Gasteiger partial charge in [-0.3, -0.25) is 0 Å². The number of hydrazine groups is 1. The highest BCUT2D eigenvalue weighted by atomic mass is 16.5. The molecule has 0 spiro atoms. The van der Waals surface area contributed by atoms with Crippen molar-refractivity contribution in [3.63, 3.8) is 0 Å². The van der Waals surface area contributed by atoms with Gasteiger partial charge in [-0.05, 0) is 12.8 Å². The molecule has 1 rings (SSSR count). The molecule has 0 aliphatic carbocycles. The van der Waals surface area contributed by atoms with E-state index in [0.717, 1.165) is 25.7 Å². The maximum atomic E-state index is 11.2. The molecular weight excluding hydrogens is 308 g/mol. The summed E-state index contributed by atoms with van der Waals surface area (Å²) in [5.74, 6) is 7.27. The Labute approximate surface area is 144 Å². The Kier molecular flexibility index (Phi) is 9.80. The van der Waals surface area contributed by atoms with Crippen LogP contribution in [0.3, 0.4) is 0 Å². The summed E-state index contributed by atoms with van der Waals surface area (Å²) in [4.78, 5) is 11.2. The molecule has 0 unspecified atom stereocenters. The summed E-state index contributed by atoms with van der Waals surface area (Å²) in [6, 6.07) is -0.197. The van der Waals surface area contributed by atoms with Gasteiger partial charge in [0.25, 0.3) is 0 Å². The lowest BCUT2D eigenvalue weighted by Gasteiger charge is -2.38. The Hall–Kier alpha value is -1.85. The third kappa shape index (κ3) is 6.72. The molecule has 0 bridgehead atoms. The summed E-state index contributed by atoms with van der Waals surface area (Å²) >= 11 is 0. The van der Waals surface area contributed by atoms with Crippen LogP contribution in [-0.4, -0.2) is 69.1 Å². The van der Waals surface area contributed by atoms with Crippen LogP contribution in [0.25, 0.3) is 0 Å². The number of carbonyl (C=O) groups excluding carboxylic acids is 1. The third-order valence-electron chi connectivity index (χ3n) is 3.53. The lowest BCUT2D eigenvalue weighted by atomic mass is 10.0. The van der Waals surface area contributed by atoms with Gasteiger partial charge >= 0.3 is 0 Å². The van der Waals surface area contributed by atoms with Crippen LogP contribution in [0.5, 0.6) is 0 Å². The minimum atomic E-state index is -0.740. The molecule has 0 aromatic heterocycles. The monoisotopic (exact) mass is 332 g/mol. The van der Waals surface area contributed by atoms with Crippen LogP contribution in [0.1, 0.15) is 12.8 Å². The highest BCUT2D eigenvalue weighted by molar-refractivity contribution is 5.57. The normalized spacial score (nSPS) is 17.8. The van der Waals surface area contributed by atoms with E-state index in [1.165, 1.54) is 0 Å². The van der Waals surface area contributed by atoms with Gasteiger partial charge in [0.1, 0.15) is 31.6 Å². The molecule has 1 saturated heterocycles. The zero-order valence-corrected chi connectivity index (χ0v) is 13.8. The van der Waals surface area contributed by atoms with Crippen molar-refractivity contribution in [1.82, 2.24) is 10.4 Å². The van der Waals surface area contributed by atoms with Crippen LogP contribution in [0, 0.1) is 37.0 Å². The van der Waals surface area contributed by atoms with Gasteiger partial charge in [-0.1, -0.05) is 17.8 Å². The Morgan fingerprint density at radius 1 is 1.04 bits per heavy atom. The second kappa shape index (κ2) is 11.6. The summed E-state index contributed by atoms with van der Waals surface area (Å²) < 4.78 is 16.5. The molecule has 1 heterocycles. The molecule has 0 saturated carbocycles. The van der Waals surface area contributed by atoms with Gasteiger partial charge in [0.05, 0.1) is 25.9 Å². The van der Waals surface area contributed by atoms with Gasteiger partial charge in [-0.2, -0.15) is 0 Å². The first-order valence-corrected chi connectivity index (χ1v) is 7.74. The fourth-order valence-corrected chi connectivity index (χ4v) is 2.52. The second-order valence-corrected chi connectivity index (χ2v) is 5.52. The SMILES string of the molecule is C#CCOCC(COCC#C)(COCC#C)NN1CCC[C@H]1C=O. The van der Waals surface area contributed by atoms with Gasteiger partial charge < -0.3 is 19.0 Å². The Morgan fingerprint density at radius 3 is 1.96 bits per heavy atom. The minimum absolute atomic E-state index is 0.158. The summed E-state index contributed by atoms with van der Waals surface area (Å²) in [5.41, 5.74) is 2.59. The quantitative estimate of drug-likeness (QED) is 0.305. The lowest BCUT2D eigenvalue weighted by Crippen LogP contribution is -2.63. The summed E-state index contributed by atoms with van der Waals surface area (Å²) in [5, 5.41) is 1.88. The van der Waals surface area contributed by atoms with E-state index in [9.17, 15) is 4.79 Å². The number of ether oxygens (including phenoxy) is 3. The smallest absolute Gasteiger partial charge is 0.138 e. The van der Waals surface area contributed by atoms with Crippen LogP contribution in [0.4, 0.5) is 0 Å². The van der Waals surface area contributed by atoms with Gasteiger partial charge in [0.15, 0.2) is 0 Å². The first-order valence-electron chi connectivity index (χ1n) is 7.74. The van der Waals surface area contributed by atoms with E-state index >= 15 is 0 Å². The topological polar surface area (TPSA) is 60.0 Å². The molecule has 1 fully saturated rings. The third-order valence-corrected chi connectivity index (χ3v) is 3.53. The number of nitrogens with one attached hydrogen (secondary N) is 1. The minimum Gasteiger partial charge on any atom is -0.367 e. The molecular formula is C18H24N2O4. The zero-order valence-electron chi connectivity index (χ0n) is 13.8. The Morgan fingerprint density at radius 2 is 1.54 bits per heavy atom. The maximum Gasteiger partial charge on any atom is 0.138 e. The fourth-order valence-electron chi connectivity index (χ4n) is 2.52. The van der Waals surface area contributed by atoms with E-state index in [0.29, 0.717) is 0 Å². The molecule has 0 radical (unpaired) electrons. The fraction of sp³-hybridized carbons (Fsp3) is 0.611. The van der Waals surface area contributed by atoms with E-state index in [-0.39, 0.29) is 45.7 Å². The van der Waals surface area contributed by atoms with Crippen molar-refractivity contribution in [3.8, 4) is 37.0 Å². The molecule has 130 valence electrons. The highest BCUT2D eigenvalue weighted by Gasteiger charge is 2.37. The van der Waals surface area contributed by atoms with Gasteiger partial charge in [-0.25, -0.2) is 10.4 Å². The molecule has 0 amide bonds. The molecule has 0 aromatic carbocycles. The number of carbonyl (C=O) groups is 1. The molecule has 1 atom stereocenters. The van der Waals surface area contributed by atoms with E-state index in [4.69, 9.17) is 33.5 Å². The number of rotatable bonds is 12. The standard InChI is InChI=1S/C18H24N2O4/c1-4-10-22-14-18(15-23-11-5-2,16-24-12-6-3)19-20-9-7-8-17(20)13-21/h1-3,13,17,19H,7-12,14-16H2/t17-/m0/s1. The molecule has 1 N–H and O–H groups in total. The van der Waals surface area contributed by atoms with Crippen LogP contribution in [0.2, 0.25) is 0 Å². The first kappa shape index (κ1) is 20.2. The number of hydrogen-bond acceptors (Lipinski definition) is 6. The Bertz CT molecular complexity index is 450. The average molecular weight is 332 g/mol. The predicted molar refractivity (Wildman–Crippen MR) is 90.6 cm³/mol. The molecule has 6 heteroatoms. The number of nitrogens with zero attached hydrogens (tertiary/aromatic N) is 1. The molecule has 1 aliphatic rings. The maximum absolute atomic E-state index is 11.2. The van der Waals surface area contributed by atoms with Gasteiger partial charge in [0, 0.05) is 6.54 Å². The van der Waals surface area contributed by atoms with Crippen molar-refractivity contribution in [2.24, 2.45) is 0 Å². The number of aldehydes is 1. The lowest BCUT2D eigenvalue weighted by molar-refractivity contribution is -0.115. The summed E-state index contributed by atoms with van der Waals surface area (Å²) in [6.07, 6.45) is 18.4. The van der Waals surface area contributed by atoms with E-state index in [2.05, 4.69) is 23.2 Å². The second-order valence-electron chi connectivity index (χ2n) is 5.52. The van der Waals surface area contributed by atoms with E-state index in [1.807, 2.05) is 5.01 Å². The van der Waals surface area contributed by atoms with Gasteiger partial charge in [-0.15, -0.1) is 19.3 Å². The van der Waals surface area contributed by atoms with E-state index < -0.39 is 5.54 Å². The van der Waals surface area contributed by atoms with Crippen LogP contribution in [0.15, 0.2) is 0 Å². The Balaban J connectivity index is 2.84. The number of hydrogen-bond donors (Lipinski definition) is 1. The van der Waals surface area contributed by atoms with Crippen LogP contribution in [-0.2, 0) is 19.0 Å². The predicted octanol–water partition coefficient (Wildman–Crippen LogP) is -0.157.